The molecule has 2 atom stereocenters. The van der Waals surface area contributed by atoms with Gasteiger partial charge in [0.1, 0.15) is 4.90 Å². The molecule has 3 rings (SSSR count). The molecule has 0 amide bonds. The lowest BCUT2D eigenvalue weighted by Gasteiger charge is -2.18. The molecular weight excluding hydrogens is 276 g/mol. The van der Waals surface area contributed by atoms with Gasteiger partial charge < -0.3 is 10.5 Å². The predicted molar refractivity (Wildman–Crippen MR) is 76.0 cm³/mol. The van der Waals surface area contributed by atoms with E-state index in [1.54, 1.807) is 24.3 Å². The third-order valence-electron chi connectivity index (χ3n) is 4.15. The molecule has 1 saturated carbocycles. The molecule has 2 unspecified atom stereocenters. The quantitative estimate of drug-likeness (QED) is 0.916. The van der Waals surface area contributed by atoms with E-state index in [-0.39, 0.29) is 10.8 Å². The highest BCUT2D eigenvalue weighted by Gasteiger charge is 2.32. The van der Waals surface area contributed by atoms with Crippen LogP contribution in [0.25, 0.3) is 0 Å². The smallest absolute Gasteiger partial charge is 0.286 e. The lowest BCUT2D eigenvalue weighted by atomic mass is 9.97. The number of fused-ring (bicyclic) bond motifs is 1. The molecule has 20 heavy (non-hydrogen) atoms. The van der Waals surface area contributed by atoms with E-state index in [2.05, 4.69) is 4.40 Å². The number of benzene rings is 1. The molecule has 0 bridgehead atoms. The van der Waals surface area contributed by atoms with E-state index in [1.165, 1.54) is 0 Å². The van der Waals surface area contributed by atoms with Gasteiger partial charge in [-0.3, -0.25) is 0 Å². The first-order valence-electron chi connectivity index (χ1n) is 6.89. The molecule has 1 fully saturated rings. The first-order chi connectivity index (χ1) is 9.62. The second kappa shape index (κ2) is 5.18. The fourth-order valence-electron chi connectivity index (χ4n) is 3.01. The molecule has 1 aliphatic heterocycles. The first kappa shape index (κ1) is 13.6. The number of hydrogen-bond donors (Lipinski definition) is 1. The highest BCUT2D eigenvalue weighted by atomic mass is 32.2. The van der Waals surface area contributed by atoms with Crippen LogP contribution >= 0.6 is 0 Å². The Morgan fingerprint density at radius 1 is 1.25 bits per heavy atom. The summed E-state index contributed by atoms with van der Waals surface area (Å²) in [7, 11) is -3.58. The Morgan fingerprint density at radius 3 is 2.80 bits per heavy atom. The van der Waals surface area contributed by atoms with Gasteiger partial charge in [0, 0.05) is 0 Å². The molecule has 0 saturated heterocycles. The normalized spacial score (nSPS) is 27.1. The Bertz CT molecular complexity index is 640. The van der Waals surface area contributed by atoms with Crippen LogP contribution < -0.4 is 5.73 Å². The van der Waals surface area contributed by atoms with Gasteiger partial charge in [-0.2, -0.15) is 8.42 Å². The van der Waals surface area contributed by atoms with Crippen LogP contribution in [-0.4, -0.2) is 27.5 Å². The molecule has 108 valence electrons. The largest absolute Gasteiger partial charge is 0.476 e. The summed E-state index contributed by atoms with van der Waals surface area (Å²) in [6.07, 6.45) is 3.38. The standard InChI is InChI=1S/C14H18N2O3S/c15-8-10-4-3-5-11(10)9-19-14-12-6-1-2-7-13(12)20(17,18)16-14/h1-2,6-7,10-11H,3-5,8-9,15H2. The summed E-state index contributed by atoms with van der Waals surface area (Å²) in [4.78, 5) is 0.233. The summed E-state index contributed by atoms with van der Waals surface area (Å²) >= 11 is 0. The van der Waals surface area contributed by atoms with Gasteiger partial charge in [0.05, 0.1) is 12.2 Å². The summed E-state index contributed by atoms with van der Waals surface area (Å²) in [5.74, 6) is 1.10. The molecule has 0 spiro atoms. The summed E-state index contributed by atoms with van der Waals surface area (Å²) in [6, 6.07) is 6.77. The molecule has 2 aliphatic rings. The molecule has 5 nitrogen and oxygen atoms in total. The maximum Gasteiger partial charge on any atom is 0.286 e. The Balaban J connectivity index is 1.76. The SMILES string of the molecule is NCC1CCCC1COC1=NS(=O)(=O)c2ccccc21. The minimum Gasteiger partial charge on any atom is -0.476 e. The molecule has 1 aromatic rings. The van der Waals surface area contributed by atoms with Gasteiger partial charge in [-0.05, 0) is 43.4 Å². The monoisotopic (exact) mass is 294 g/mol. The van der Waals surface area contributed by atoms with Crippen molar-refractivity contribution in [3.8, 4) is 0 Å². The zero-order valence-electron chi connectivity index (χ0n) is 11.2. The number of ether oxygens (including phenoxy) is 1. The number of sulfonamides is 1. The van der Waals surface area contributed by atoms with Crippen LogP contribution in [0.15, 0.2) is 33.6 Å². The maximum atomic E-state index is 11.9. The van der Waals surface area contributed by atoms with E-state index >= 15 is 0 Å². The topological polar surface area (TPSA) is 81.8 Å². The van der Waals surface area contributed by atoms with Gasteiger partial charge in [-0.25, -0.2) is 0 Å². The van der Waals surface area contributed by atoms with Crippen molar-refractivity contribution in [2.45, 2.75) is 24.2 Å². The Labute approximate surface area is 118 Å². The Morgan fingerprint density at radius 2 is 2.00 bits per heavy atom. The van der Waals surface area contributed by atoms with Crippen LogP contribution in [-0.2, 0) is 14.8 Å². The van der Waals surface area contributed by atoms with Gasteiger partial charge in [-0.15, -0.1) is 4.40 Å². The fraction of sp³-hybridized carbons (Fsp3) is 0.500. The lowest BCUT2D eigenvalue weighted by Crippen LogP contribution is -2.23. The zero-order valence-corrected chi connectivity index (χ0v) is 12.0. The van der Waals surface area contributed by atoms with Gasteiger partial charge in [0.15, 0.2) is 0 Å². The van der Waals surface area contributed by atoms with Gasteiger partial charge >= 0.3 is 0 Å². The van der Waals surface area contributed by atoms with Crippen LogP contribution in [0.2, 0.25) is 0 Å². The van der Waals surface area contributed by atoms with E-state index in [1.807, 2.05) is 0 Å². The van der Waals surface area contributed by atoms with Gasteiger partial charge in [0.2, 0.25) is 5.90 Å². The molecule has 1 aromatic carbocycles. The van der Waals surface area contributed by atoms with Crippen molar-refractivity contribution < 1.29 is 13.2 Å². The van der Waals surface area contributed by atoms with Gasteiger partial charge in [-0.1, -0.05) is 18.6 Å². The summed E-state index contributed by atoms with van der Waals surface area (Å²) < 4.78 is 33.2. The molecule has 0 aromatic heterocycles. The van der Waals surface area contributed by atoms with E-state index in [4.69, 9.17) is 10.5 Å². The molecule has 1 aliphatic carbocycles. The van der Waals surface area contributed by atoms with Crippen molar-refractivity contribution in [2.75, 3.05) is 13.2 Å². The summed E-state index contributed by atoms with van der Waals surface area (Å²) in [5.41, 5.74) is 6.31. The van der Waals surface area contributed by atoms with Crippen LogP contribution in [0.1, 0.15) is 24.8 Å². The van der Waals surface area contributed by atoms with Crippen molar-refractivity contribution in [3.05, 3.63) is 29.8 Å². The minimum absolute atomic E-state index is 0.225. The Kier molecular flexibility index (Phi) is 3.52. The fourth-order valence-corrected chi connectivity index (χ4v) is 4.16. The highest BCUT2D eigenvalue weighted by molar-refractivity contribution is 7.90. The predicted octanol–water partition coefficient (Wildman–Crippen LogP) is 1.53. The van der Waals surface area contributed by atoms with Gasteiger partial charge in [0.25, 0.3) is 10.0 Å². The maximum absolute atomic E-state index is 11.9. The van der Waals surface area contributed by atoms with Crippen molar-refractivity contribution in [1.82, 2.24) is 0 Å². The van der Waals surface area contributed by atoms with E-state index in [0.29, 0.717) is 30.6 Å². The third-order valence-corrected chi connectivity index (χ3v) is 5.47. The van der Waals surface area contributed by atoms with Crippen LogP contribution in [0.3, 0.4) is 0 Å². The van der Waals surface area contributed by atoms with Crippen molar-refractivity contribution in [2.24, 2.45) is 22.0 Å². The summed E-state index contributed by atoms with van der Waals surface area (Å²) in [6.45, 7) is 1.15. The lowest BCUT2D eigenvalue weighted by molar-refractivity contribution is 0.208. The highest BCUT2D eigenvalue weighted by Crippen LogP contribution is 2.32. The zero-order chi connectivity index (χ0) is 14.2. The number of nitrogens with two attached hydrogens (primary N) is 1. The first-order valence-corrected chi connectivity index (χ1v) is 8.33. The molecule has 2 N–H and O–H groups in total. The second-order valence-corrected chi connectivity index (χ2v) is 6.94. The Hall–Kier alpha value is -1.40. The van der Waals surface area contributed by atoms with Crippen molar-refractivity contribution >= 4 is 15.9 Å². The number of rotatable bonds is 3. The van der Waals surface area contributed by atoms with E-state index in [0.717, 1.165) is 19.3 Å². The molecule has 0 radical (unpaired) electrons. The third kappa shape index (κ3) is 2.33. The van der Waals surface area contributed by atoms with Crippen LogP contribution in [0.5, 0.6) is 0 Å². The summed E-state index contributed by atoms with van der Waals surface area (Å²) in [5, 5.41) is 0. The average Bonchev–Trinajstić information content (AvgIpc) is 3.00. The second-order valence-electron chi connectivity index (χ2n) is 5.37. The van der Waals surface area contributed by atoms with Crippen LogP contribution in [0.4, 0.5) is 0 Å². The van der Waals surface area contributed by atoms with E-state index in [9.17, 15) is 8.42 Å². The number of nitrogens with zero attached hydrogens (tertiary/aromatic N) is 1. The van der Waals surface area contributed by atoms with E-state index < -0.39 is 10.0 Å². The van der Waals surface area contributed by atoms with Crippen LogP contribution in [0, 0.1) is 11.8 Å². The minimum atomic E-state index is -3.58. The van der Waals surface area contributed by atoms with Crippen molar-refractivity contribution in [3.63, 3.8) is 0 Å². The molecular formula is C14H18N2O3S. The average molecular weight is 294 g/mol. The number of hydrogen-bond acceptors (Lipinski definition) is 4. The molecule has 6 heteroatoms. The van der Waals surface area contributed by atoms with Crippen molar-refractivity contribution in [1.29, 1.82) is 0 Å². The molecule has 1 heterocycles.